The van der Waals surface area contributed by atoms with Gasteiger partial charge in [0.2, 0.25) is 0 Å². The molecule has 1 saturated heterocycles. The second-order valence-corrected chi connectivity index (χ2v) is 8.12. The van der Waals surface area contributed by atoms with Gasteiger partial charge in [0.05, 0.1) is 5.41 Å². The number of pyridine rings is 1. The molecule has 1 atom stereocenters. The molecule has 0 bridgehead atoms. The van der Waals surface area contributed by atoms with E-state index >= 15 is 0 Å². The number of piperidine rings is 1. The lowest BCUT2D eigenvalue weighted by molar-refractivity contribution is -0.151. The number of hydrogen-bond donors (Lipinski definition) is 2. The molecule has 1 aliphatic heterocycles. The van der Waals surface area contributed by atoms with Crippen molar-refractivity contribution in [3.63, 3.8) is 0 Å². The van der Waals surface area contributed by atoms with Crippen LogP contribution < -0.4 is 5.56 Å². The molecule has 1 aromatic heterocycles. The van der Waals surface area contributed by atoms with E-state index in [1.54, 1.807) is 11.0 Å². The Morgan fingerprint density at radius 3 is 2.70 bits per heavy atom. The first-order chi connectivity index (χ1) is 12.8. The third-order valence-corrected chi connectivity index (χ3v) is 5.79. The number of carboxylic acid groups (broad SMARTS) is 1. The monoisotopic (exact) mass is 372 g/mol. The molecule has 1 aliphatic carbocycles. The number of likely N-dealkylation sites (tertiary alicyclic amines) is 1. The number of aliphatic carboxylic acids is 1. The average molecular weight is 372 g/mol. The van der Waals surface area contributed by atoms with Crippen LogP contribution in [0.3, 0.4) is 0 Å². The highest BCUT2D eigenvalue weighted by Crippen LogP contribution is 2.35. The maximum absolute atomic E-state index is 13.1. The molecule has 0 aromatic carbocycles. The van der Waals surface area contributed by atoms with Gasteiger partial charge in [-0.1, -0.05) is 11.6 Å². The van der Waals surface area contributed by atoms with Crippen molar-refractivity contribution in [3.8, 4) is 0 Å². The summed E-state index contributed by atoms with van der Waals surface area (Å²) in [5, 5.41) is 9.85. The van der Waals surface area contributed by atoms with E-state index in [-0.39, 0.29) is 23.6 Å². The molecular formula is C21H28N2O4. The zero-order valence-electron chi connectivity index (χ0n) is 16.1. The van der Waals surface area contributed by atoms with E-state index in [0.717, 1.165) is 42.5 Å². The van der Waals surface area contributed by atoms with Crippen LogP contribution in [0.15, 0.2) is 22.5 Å². The fourth-order valence-corrected chi connectivity index (χ4v) is 4.14. The van der Waals surface area contributed by atoms with Crippen molar-refractivity contribution in [1.82, 2.24) is 9.88 Å². The van der Waals surface area contributed by atoms with Crippen molar-refractivity contribution in [2.45, 2.75) is 58.8 Å². The number of aromatic nitrogens is 1. The Labute approximate surface area is 159 Å². The number of nitrogens with one attached hydrogen (secondary N) is 1. The van der Waals surface area contributed by atoms with Crippen LogP contribution in [-0.4, -0.2) is 40.0 Å². The summed E-state index contributed by atoms with van der Waals surface area (Å²) in [6.07, 6.45) is 7.30. The van der Waals surface area contributed by atoms with Crippen molar-refractivity contribution < 1.29 is 14.7 Å². The smallest absolute Gasteiger partial charge is 0.311 e. The predicted octanol–water partition coefficient (Wildman–Crippen LogP) is 2.92. The molecule has 0 unspecified atom stereocenters. The molecule has 1 fully saturated rings. The second kappa shape index (κ2) is 7.71. The summed E-state index contributed by atoms with van der Waals surface area (Å²) in [5.41, 5.74) is 1.83. The largest absolute Gasteiger partial charge is 0.481 e. The minimum atomic E-state index is -0.980. The van der Waals surface area contributed by atoms with Gasteiger partial charge in [0.25, 0.3) is 11.5 Å². The van der Waals surface area contributed by atoms with E-state index in [2.05, 4.69) is 4.98 Å². The minimum absolute atomic E-state index is 0.138. The third kappa shape index (κ3) is 3.99. The maximum atomic E-state index is 13.1. The normalized spacial score (nSPS) is 22.1. The van der Waals surface area contributed by atoms with Crippen molar-refractivity contribution in [2.75, 3.05) is 13.1 Å². The molecule has 3 rings (SSSR count). The molecule has 2 aliphatic rings. The Morgan fingerprint density at radius 2 is 2.00 bits per heavy atom. The van der Waals surface area contributed by atoms with Crippen molar-refractivity contribution in [2.24, 2.45) is 5.41 Å². The van der Waals surface area contributed by atoms with Crippen molar-refractivity contribution in [1.29, 1.82) is 0 Å². The molecule has 0 saturated carbocycles. The summed E-state index contributed by atoms with van der Waals surface area (Å²) in [4.78, 5) is 41.9. The van der Waals surface area contributed by atoms with E-state index in [0.29, 0.717) is 25.8 Å². The summed E-state index contributed by atoms with van der Waals surface area (Å²) in [6, 6.07) is 1.73. The van der Waals surface area contributed by atoms with Gasteiger partial charge >= 0.3 is 5.97 Å². The predicted molar refractivity (Wildman–Crippen MR) is 103 cm³/mol. The fourth-order valence-electron chi connectivity index (χ4n) is 4.14. The average Bonchev–Trinajstić information content (AvgIpc) is 2.65. The Hall–Kier alpha value is -2.37. The van der Waals surface area contributed by atoms with Gasteiger partial charge in [-0.05, 0) is 70.4 Å². The van der Waals surface area contributed by atoms with Gasteiger partial charge in [0.1, 0.15) is 5.56 Å². The molecule has 1 amide bonds. The number of rotatable bonds is 4. The summed E-state index contributed by atoms with van der Waals surface area (Å²) < 4.78 is 0. The van der Waals surface area contributed by atoms with E-state index in [1.807, 2.05) is 19.9 Å². The number of amides is 1. The molecule has 2 heterocycles. The first-order valence-electron chi connectivity index (χ1n) is 9.73. The van der Waals surface area contributed by atoms with E-state index in [4.69, 9.17) is 0 Å². The number of carboxylic acids is 1. The first-order valence-corrected chi connectivity index (χ1v) is 9.73. The zero-order valence-corrected chi connectivity index (χ0v) is 16.1. The van der Waals surface area contributed by atoms with Crippen molar-refractivity contribution >= 4 is 11.9 Å². The van der Waals surface area contributed by atoms with E-state index in [9.17, 15) is 19.5 Å². The van der Waals surface area contributed by atoms with Gasteiger partial charge in [-0.2, -0.15) is 0 Å². The van der Waals surface area contributed by atoms with Crippen LogP contribution in [0, 0.1) is 5.41 Å². The number of aryl methyl sites for hydroxylation is 2. The standard InChI is InChI=1S/C21H28N2O4/c1-14(2)8-10-21(20(26)27)9-5-11-23(13-21)19(25)16-12-15-6-3-4-7-17(15)22-18(16)24/h8,12H,3-7,9-11,13H2,1-2H3,(H,22,24)(H,26,27)/t21-/m1/s1. The highest BCUT2D eigenvalue weighted by atomic mass is 16.4. The third-order valence-electron chi connectivity index (χ3n) is 5.79. The van der Waals surface area contributed by atoms with Gasteiger partial charge in [-0.25, -0.2) is 0 Å². The molecular weight excluding hydrogens is 344 g/mol. The van der Waals surface area contributed by atoms with Crippen LogP contribution in [0.25, 0.3) is 0 Å². The van der Waals surface area contributed by atoms with E-state index in [1.165, 1.54) is 0 Å². The number of carbonyl (C=O) groups excluding carboxylic acids is 1. The number of fused-ring (bicyclic) bond motifs is 1. The molecule has 6 nitrogen and oxygen atoms in total. The van der Waals surface area contributed by atoms with Crippen molar-refractivity contribution in [3.05, 3.63) is 44.9 Å². The number of aromatic amines is 1. The number of carbonyl (C=O) groups is 2. The molecule has 146 valence electrons. The molecule has 0 spiro atoms. The quantitative estimate of drug-likeness (QED) is 0.795. The number of hydrogen-bond acceptors (Lipinski definition) is 3. The summed E-state index contributed by atoms with van der Waals surface area (Å²) in [5.74, 6) is -1.23. The lowest BCUT2D eigenvalue weighted by atomic mass is 9.76. The van der Waals surface area contributed by atoms with Crippen LogP contribution >= 0.6 is 0 Å². The maximum Gasteiger partial charge on any atom is 0.311 e. The van der Waals surface area contributed by atoms with Crippen LogP contribution in [-0.2, 0) is 17.6 Å². The SMILES string of the molecule is CC(C)=CC[C@]1(C(=O)O)CCCN(C(=O)c2cc3c([nH]c2=O)CCCC3)C1. The fraction of sp³-hybridized carbons (Fsp3) is 0.571. The molecule has 0 radical (unpaired) electrons. The Morgan fingerprint density at radius 1 is 1.26 bits per heavy atom. The van der Waals surface area contributed by atoms with Crippen LogP contribution in [0.2, 0.25) is 0 Å². The molecule has 1 aromatic rings. The summed E-state index contributed by atoms with van der Waals surface area (Å²) in [6.45, 7) is 4.50. The van der Waals surface area contributed by atoms with Gasteiger partial charge < -0.3 is 15.0 Å². The topological polar surface area (TPSA) is 90.5 Å². The summed E-state index contributed by atoms with van der Waals surface area (Å²) >= 11 is 0. The molecule has 2 N–H and O–H groups in total. The van der Waals surface area contributed by atoms with Gasteiger partial charge in [-0.15, -0.1) is 0 Å². The zero-order chi connectivity index (χ0) is 19.6. The minimum Gasteiger partial charge on any atom is -0.481 e. The van der Waals surface area contributed by atoms with Crippen LogP contribution in [0.4, 0.5) is 0 Å². The van der Waals surface area contributed by atoms with Crippen LogP contribution in [0.1, 0.15) is 67.6 Å². The first kappa shape index (κ1) is 19.4. The van der Waals surface area contributed by atoms with Crippen LogP contribution in [0.5, 0.6) is 0 Å². The molecule has 27 heavy (non-hydrogen) atoms. The Bertz CT molecular complexity index is 835. The molecule has 6 heteroatoms. The number of H-pyrrole nitrogens is 1. The number of allylic oxidation sites excluding steroid dienone is 2. The van der Waals surface area contributed by atoms with Gasteiger partial charge in [-0.3, -0.25) is 14.4 Å². The Balaban J connectivity index is 1.87. The highest BCUT2D eigenvalue weighted by molar-refractivity contribution is 5.94. The number of nitrogens with zero attached hydrogens (tertiary/aromatic N) is 1. The lowest BCUT2D eigenvalue weighted by Gasteiger charge is -2.39. The second-order valence-electron chi connectivity index (χ2n) is 8.12. The highest BCUT2D eigenvalue weighted by Gasteiger charge is 2.43. The van der Waals surface area contributed by atoms with Gasteiger partial charge in [0.15, 0.2) is 0 Å². The summed E-state index contributed by atoms with van der Waals surface area (Å²) in [7, 11) is 0. The Kier molecular flexibility index (Phi) is 5.53. The van der Waals surface area contributed by atoms with E-state index < -0.39 is 11.4 Å². The van der Waals surface area contributed by atoms with Gasteiger partial charge in [0, 0.05) is 18.8 Å². The lowest BCUT2D eigenvalue weighted by Crippen LogP contribution is -2.50.